The van der Waals surface area contributed by atoms with Gasteiger partial charge in [-0.2, -0.15) is 0 Å². The van der Waals surface area contributed by atoms with Gasteiger partial charge in [0.15, 0.2) is 0 Å². The van der Waals surface area contributed by atoms with E-state index in [0.717, 1.165) is 25.7 Å². The van der Waals surface area contributed by atoms with Crippen molar-refractivity contribution in [2.24, 2.45) is 5.92 Å². The van der Waals surface area contributed by atoms with Gasteiger partial charge in [0.1, 0.15) is 11.6 Å². The predicted molar refractivity (Wildman–Crippen MR) is 128 cm³/mol. The molecule has 2 saturated carbocycles. The summed E-state index contributed by atoms with van der Waals surface area (Å²) in [6, 6.07) is 11.7. The molecule has 0 unspecified atom stereocenters. The number of rotatable bonds is 10. The third-order valence-corrected chi connectivity index (χ3v) is 6.66. The number of hydrogen-bond acceptors (Lipinski definition) is 4. The molecule has 4 rings (SSSR count). The quantitative estimate of drug-likeness (QED) is 0.439. The molecule has 2 fully saturated rings. The molecule has 0 spiro atoms. The number of ether oxygens (including phenoxy) is 1. The van der Waals surface area contributed by atoms with Gasteiger partial charge in [-0.1, -0.05) is 12.1 Å². The molecule has 0 atom stereocenters. The molecule has 35 heavy (non-hydrogen) atoms. The van der Waals surface area contributed by atoms with Crippen molar-refractivity contribution in [1.29, 1.82) is 0 Å². The van der Waals surface area contributed by atoms with Crippen molar-refractivity contribution < 1.29 is 28.6 Å². The number of hydrogen-bond donors (Lipinski definition) is 3. The number of carboxylic acid groups (broad SMARTS) is 1. The van der Waals surface area contributed by atoms with Gasteiger partial charge in [0.25, 0.3) is 11.8 Å². The van der Waals surface area contributed by atoms with Crippen LogP contribution in [0.5, 0.6) is 5.75 Å². The van der Waals surface area contributed by atoms with Crippen LogP contribution in [0.15, 0.2) is 42.5 Å². The first-order valence-corrected chi connectivity index (χ1v) is 12.2. The van der Waals surface area contributed by atoms with E-state index >= 15 is 0 Å². The predicted octanol–water partition coefficient (Wildman–Crippen LogP) is 4.28. The summed E-state index contributed by atoms with van der Waals surface area (Å²) in [6.45, 7) is 0.393. The highest BCUT2D eigenvalue weighted by Crippen LogP contribution is 2.39. The van der Waals surface area contributed by atoms with Crippen molar-refractivity contribution in [3.8, 4) is 5.75 Å². The number of carbonyl (C=O) groups is 3. The van der Waals surface area contributed by atoms with E-state index in [0.29, 0.717) is 17.2 Å². The number of benzene rings is 2. The van der Waals surface area contributed by atoms with Crippen molar-refractivity contribution in [1.82, 2.24) is 10.6 Å². The standard InChI is InChI=1S/C27H31FN2O5/c28-24-16-22(35-21-9-1-17(2-10-21)15-25(31)32)11-12-23(24)27(34)30-14-13-29-26(33)20-7-5-19(6-8-20)18-3-4-18/h5-8,11-12,16-18,21H,1-4,9-10,13-15H2,(H,29,33)(H,30,34)(H,31,32). The first-order valence-electron chi connectivity index (χ1n) is 12.2. The van der Waals surface area contributed by atoms with Gasteiger partial charge in [0, 0.05) is 31.1 Å². The van der Waals surface area contributed by atoms with Crippen LogP contribution in [-0.2, 0) is 4.79 Å². The van der Waals surface area contributed by atoms with Crippen molar-refractivity contribution in [2.75, 3.05) is 13.1 Å². The van der Waals surface area contributed by atoms with Gasteiger partial charge >= 0.3 is 5.97 Å². The zero-order valence-corrected chi connectivity index (χ0v) is 19.6. The molecule has 3 N–H and O–H groups in total. The molecule has 8 heteroatoms. The van der Waals surface area contributed by atoms with Gasteiger partial charge in [-0.25, -0.2) is 4.39 Å². The Kier molecular flexibility index (Phi) is 8.00. The highest BCUT2D eigenvalue weighted by atomic mass is 19.1. The van der Waals surface area contributed by atoms with Crippen LogP contribution in [0.2, 0.25) is 0 Å². The average Bonchev–Trinajstić information content (AvgIpc) is 3.68. The molecule has 2 aromatic carbocycles. The van der Waals surface area contributed by atoms with E-state index in [2.05, 4.69) is 10.6 Å². The maximum absolute atomic E-state index is 14.5. The maximum Gasteiger partial charge on any atom is 0.303 e. The largest absolute Gasteiger partial charge is 0.490 e. The molecule has 0 saturated heterocycles. The van der Waals surface area contributed by atoms with Crippen molar-refractivity contribution in [2.45, 2.75) is 57.0 Å². The summed E-state index contributed by atoms with van der Waals surface area (Å²) < 4.78 is 20.4. The van der Waals surface area contributed by atoms with Gasteiger partial charge in [0.2, 0.25) is 0 Å². The number of aliphatic carboxylic acids is 1. The van der Waals surface area contributed by atoms with Crippen molar-refractivity contribution in [3.63, 3.8) is 0 Å². The van der Waals surface area contributed by atoms with E-state index in [9.17, 15) is 18.8 Å². The number of nitrogens with one attached hydrogen (secondary N) is 2. The highest BCUT2D eigenvalue weighted by Gasteiger charge is 2.25. The number of halogens is 1. The second-order valence-electron chi connectivity index (χ2n) is 9.41. The lowest BCUT2D eigenvalue weighted by Gasteiger charge is -2.28. The third kappa shape index (κ3) is 7.04. The Bertz CT molecular complexity index is 1060. The number of carbonyl (C=O) groups excluding carboxylic acids is 2. The molecule has 2 amide bonds. The Morgan fingerprint density at radius 2 is 1.54 bits per heavy atom. The highest BCUT2D eigenvalue weighted by molar-refractivity contribution is 5.95. The number of amides is 2. The molecular weight excluding hydrogens is 451 g/mol. The molecule has 2 aromatic rings. The van der Waals surface area contributed by atoms with Crippen LogP contribution in [0.4, 0.5) is 4.39 Å². The molecule has 7 nitrogen and oxygen atoms in total. The second kappa shape index (κ2) is 11.3. The fourth-order valence-electron chi connectivity index (χ4n) is 4.52. The zero-order chi connectivity index (χ0) is 24.8. The minimum atomic E-state index is -0.786. The van der Waals surface area contributed by atoms with Crippen LogP contribution >= 0.6 is 0 Å². The van der Waals surface area contributed by atoms with E-state index in [4.69, 9.17) is 9.84 Å². The van der Waals surface area contributed by atoms with Crippen molar-refractivity contribution >= 4 is 17.8 Å². The summed E-state index contributed by atoms with van der Waals surface area (Å²) in [7, 11) is 0. The lowest BCUT2D eigenvalue weighted by atomic mass is 9.85. The van der Waals surface area contributed by atoms with Crippen LogP contribution in [-0.4, -0.2) is 42.1 Å². The van der Waals surface area contributed by atoms with Gasteiger partial charge < -0.3 is 20.5 Å². The lowest BCUT2D eigenvalue weighted by Crippen LogP contribution is -2.35. The fourth-order valence-corrected chi connectivity index (χ4v) is 4.52. The van der Waals surface area contributed by atoms with Crippen LogP contribution in [0.3, 0.4) is 0 Å². The van der Waals surface area contributed by atoms with Gasteiger partial charge in [-0.05, 0) is 80.2 Å². The van der Waals surface area contributed by atoms with E-state index in [1.54, 1.807) is 6.07 Å². The van der Waals surface area contributed by atoms with Crippen LogP contribution in [0, 0.1) is 11.7 Å². The Hall–Kier alpha value is -3.42. The van der Waals surface area contributed by atoms with E-state index in [1.165, 1.54) is 30.5 Å². The third-order valence-electron chi connectivity index (χ3n) is 6.66. The fraction of sp³-hybridized carbons (Fsp3) is 0.444. The minimum Gasteiger partial charge on any atom is -0.490 e. The molecular formula is C27H31FN2O5. The zero-order valence-electron chi connectivity index (χ0n) is 19.6. The van der Waals surface area contributed by atoms with E-state index in [-0.39, 0.29) is 43.0 Å². The minimum absolute atomic E-state index is 0.0901. The van der Waals surface area contributed by atoms with Crippen LogP contribution in [0.1, 0.15) is 77.1 Å². The molecule has 0 radical (unpaired) electrons. The van der Waals surface area contributed by atoms with Crippen molar-refractivity contribution in [3.05, 3.63) is 65.0 Å². The van der Waals surface area contributed by atoms with E-state index in [1.807, 2.05) is 24.3 Å². The SMILES string of the molecule is O=C(O)CC1CCC(Oc2ccc(C(=O)NCCNC(=O)c3ccc(C4CC4)cc3)c(F)c2)CC1. The average molecular weight is 483 g/mol. The Morgan fingerprint density at radius 3 is 2.14 bits per heavy atom. The summed E-state index contributed by atoms with van der Waals surface area (Å²) >= 11 is 0. The lowest BCUT2D eigenvalue weighted by molar-refractivity contribution is -0.138. The summed E-state index contributed by atoms with van der Waals surface area (Å²) in [4.78, 5) is 35.5. The smallest absolute Gasteiger partial charge is 0.303 e. The first-order chi connectivity index (χ1) is 16.9. The topological polar surface area (TPSA) is 105 Å². The summed E-state index contributed by atoms with van der Waals surface area (Å²) in [6.07, 6.45) is 5.47. The van der Waals surface area contributed by atoms with Gasteiger partial charge in [-0.3, -0.25) is 14.4 Å². The van der Waals surface area contributed by atoms with Gasteiger partial charge in [-0.15, -0.1) is 0 Å². The molecule has 2 aliphatic rings. The second-order valence-corrected chi connectivity index (χ2v) is 9.41. The van der Waals surface area contributed by atoms with Gasteiger partial charge in [0.05, 0.1) is 11.7 Å². The Balaban J connectivity index is 1.19. The van der Waals surface area contributed by atoms with E-state index < -0.39 is 17.7 Å². The molecule has 2 aliphatic carbocycles. The number of carboxylic acids is 1. The van der Waals surface area contributed by atoms with Crippen LogP contribution < -0.4 is 15.4 Å². The van der Waals surface area contributed by atoms with Crippen LogP contribution in [0.25, 0.3) is 0 Å². The Labute approximate surface area is 204 Å². The Morgan fingerprint density at radius 1 is 0.886 bits per heavy atom. The summed E-state index contributed by atoms with van der Waals surface area (Å²) in [5, 5.41) is 14.3. The normalized spacial score (nSPS) is 19.6. The first kappa shape index (κ1) is 24.7. The summed E-state index contributed by atoms with van der Waals surface area (Å²) in [5.74, 6) is -1.11. The molecule has 0 heterocycles. The maximum atomic E-state index is 14.5. The summed E-state index contributed by atoms with van der Waals surface area (Å²) in [5.41, 5.74) is 1.73. The molecule has 0 aromatic heterocycles. The molecule has 186 valence electrons. The monoisotopic (exact) mass is 482 g/mol. The molecule has 0 bridgehead atoms. The molecule has 0 aliphatic heterocycles.